The van der Waals surface area contributed by atoms with Gasteiger partial charge in [0.25, 0.3) is 5.91 Å². The third-order valence-electron chi connectivity index (χ3n) is 4.42. The van der Waals surface area contributed by atoms with Gasteiger partial charge in [-0.2, -0.15) is 0 Å². The monoisotopic (exact) mass is 341 g/mol. The second-order valence-corrected chi connectivity index (χ2v) is 6.07. The maximum atomic E-state index is 11.7. The molecule has 0 aliphatic carbocycles. The topological polar surface area (TPSA) is 90.4 Å². The van der Waals surface area contributed by atoms with Gasteiger partial charge < -0.3 is 20.6 Å². The number of nitrogens with zero attached hydrogens (tertiary/aromatic N) is 3. The normalized spacial score (nSPS) is 16.7. The molecule has 7 heteroatoms. The van der Waals surface area contributed by atoms with Crippen LogP contribution in [0.2, 0.25) is 0 Å². The predicted molar refractivity (Wildman–Crippen MR) is 96.6 cm³/mol. The van der Waals surface area contributed by atoms with Crippen molar-refractivity contribution in [2.24, 2.45) is 0 Å². The van der Waals surface area contributed by atoms with Crippen molar-refractivity contribution in [1.82, 2.24) is 15.3 Å². The lowest BCUT2D eigenvalue weighted by molar-refractivity contribution is 0.0963. The van der Waals surface area contributed by atoms with Crippen LogP contribution < -0.4 is 15.5 Å². The Hall–Kier alpha value is -2.67. The zero-order valence-corrected chi connectivity index (χ0v) is 14.3. The van der Waals surface area contributed by atoms with E-state index >= 15 is 0 Å². The van der Waals surface area contributed by atoms with Gasteiger partial charge in [0, 0.05) is 31.8 Å². The van der Waals surface area contributed by atoms with Crippen molar-refractivity contribution in [3.8, 4) is 0 Å². The van der Waals surface area contributed by atoms with E-state index in [1.165, 1.54) is 6.33 Å². The molecular formula is C18H23N5O2. The highest BCUT2D eigenvalue weighted by Crippen LogP contribution is 2.24. The summed E-state index contributed by atoms with van der Waals surface area (Å²) in [6, 6.07) is 9.50. The van der Waals surface area contributed by atoms with Crippen LogP contribution in [0.3, 0.4) is 0 Å². The highest BCUT2D eigenvalue weighted by molar-refractivity contribution is 5.94. The fourth-order valence-electron chi connectivity index (χ4n) is 3.09. The lowest BCUT2D eigenvalue weighted by atomic mass is 10.1. The zero-order valence-electron chi connectivity index (χ0n) is 14.3. The Morgan fingerprint density at radius 3 is 3.04 bits per heavy atom. The Kier molecular flexibility index (Phi) is 5.45. The largest absolute Gasteiger partial charge is 0.394 e. The van der Waals surface area contributed by atoms with Gasteiger partial charge in [0.1, 0.15) is 18.0 Å². The number of anilines is 2. The van der Waals surface area contributed by atoms with E-state index in [1.54, 1.807) is 13.1 Å². The smallest absolute Gasteiger partial charge is 0.251 e. The molecule has 0 radical (unpaired) electrons. The second kappa shape index (κ2) is 7.94. The number of hydrogen-bond donors (Lipinski definition) is 3. The van der Waals surface area contributed by atoms with Gasteiger partial charge in [0.15, 0.2) is 0 Å². The maximum absolute atomic E-state index is 11.7. The van der Waals surface area contributed by atoms with Gasteiger partial charge in [-0.25, -0.2) is 9.97 Å². The molecular weight excluding hydrogens is 318 g/mol. The summed E-state index contributed by atoms with van der Waals surface area (Å²) in [4.78, 5) is 22.4. The Bertz CT molecular complexity index is 737. The van der Waals surface area contributed by atoms with Crippen molar-refractivity contribution in [3.63, 3.8) is 0 Å². The van der Waals surface area contributed by atoms with Crippen molar-refractivity contribution in [3.05, 3.63) is 47.8 Å². The van der Waals surface area contributed by atoms with E-state index < -0.39 is 0 Å². The molecule has 2 aromatic rings. The Morgan fingerprint density at radius 2 is 2.24 bits per heavy atom. The summed E-state index contributed by atoms with van der Waals surface area (Å²) in [5, 5.41) is 15.4. The SMILES string of the molecule is CNC(=O)c1cccc(CNc2cc(N3CCC[C@@H]3CO)ncn2)c1. The first-order chi connectivity index (χ1) is 12.2. The molecule has 3 N–H and O–H groups in total. The average molecular weight is 341 g/mol. The highest BCUT2D eigenvalue weighted by Gasteiger charge is 2.25. The van der Waals surface area contributed by atoms with Crippen LogP contribution >= 0.6 is 0 Å². The van der Waals surface area contributed by atoms with Gasteiger partial charge in [0.05, 0.1) is 12.6 Å². The highest BCUT2D eigenvalue weighted by atomic mass is 16.3. The molecule has 1 aromatic heterocycles. The number of aliphatic hydroxyl groups excluding tert-OH is 1. The molecule has 1 fully saturated rings. The molecule has 0 saturated carbocycles. The number of amides is 1. The van der Waals surface area contributed by atoms with Crippen LogP contribution in [0.4, 0.5) is 11.6 Å². The van der Waals surface area contributed by atoms with Crippen LogP contribution in [-0.2, 0) is 6.54 Å². The zero-order chi connectivity index (χ0) is 17.6. The first kappa shape index (κ1) is 17.2. The molecule has 25 heavy (non-hydrogen) atoms. The van der Waals surface area contributed by atoms with Gasteiger partial charge in [-0.1, -0.05) is 12.1 Å². The Morgan fingerprint density at radius 1 is 1.36 bits per heavy atom. The standard InChI is InChI=1S/C18H23N5O2/c1-19-18(25)14-5-2-4-13(8-14)10-20-16-9-17(22-12-21-16)23-7-3-6-15(23)11-24/h2,4-5,8-9,12,15,24H,3,6-7,10-11H2,1H3,(H,19,25)(H,20,21,22)/t15-/m1/s1. The van der Waals surface area contributed by atoms with Gasteiger partial charge in [-0.3, -0.25) is 4.79 Å². The first-order valence-electron chi connectivity index (χ1n) is 8.45. The van der Waals surface area contributed by atoms with Crippen LogP contribution in [0.25, 0.3) is 0 Å². The van der Waals surface area contributed by atoms with Gasteiger partial charge in [0.2, 0.25) is 0 Å². The number of carbonyl (C=O) groups excluding carboxylic acids is 1. The molecule has 1 amide bonds. The fourth-order valence-corrected chi connectivity index (χ4v) is 3.09. The fraction of sp³-hybridized carbons (Fsp3) is 0.389. The summed E-state index contributed by atoms with van der Waals surface area (Å²) in [6.07, 6.45) is 3.57. The molecule has 2 heterocycles. The number of hydrogen-bond acceptors (Lipinski definition) is 6. The number of benzene rings is 1. The quantitative estimate of drug-likeness (QED) is 0.736. The van der Waals surface area contributed by atoms with E-state index in [0.717, 1.165) is 36.6 Å². The average Bonchev–Trinajstić information content (AvgIpc) is 3.15. The lowest BCUT2D eigenvalue weighted by Crippen LogP contribution is -2.32. The van der Waals surface area contributed by atoms with Crippen molar-refractivity contribution < 1.29 is 9.90 Å². The van der Waals surface area contributed by atoms with E-state index in [2.05, 4.69) is 25.5 Å². The number of carbonyl (C=O) groups is 1. The van der Waals surface area contributed by atoms with Crippen molar-refractivity contribution in [2.45, 2.75) is 25.4 Å². The van der Waals surface area contributed by atoms with E-state index in [4.69, 9.17) is 0 Å². The third kappa shape index (κ3) is 4.06. The molecule has 0 spiro atoms. The van der Waals surface area contributed by atoms with Crippen LogP contribution in [0.5, 0.6) is 0 Å². The summed E-state index contributed by atoms with van der Waals surface area (Å²) in [5.74, 6) is 1.45. The van der Waals surface area contributed by atoms with Gasteiger partial charge >= 0.3 is 0 Å². The summed E-state index contributed by atoms with van der Waals surface area (Å²) < 4.78 is 0. The lowest BCUT2D eigenvalue weighted by Gasteiger charge is -2.24. The summed E-state index contributed by atoms with van der Waals surface area (Å²) in [5.41, 5.74) is 1.63. The van der Waals surface area contributed by atoms with E-state index in [0.29, 0.717) is 12.1 Å². The van der Waals surface area contributed by atoms with Crippen molar-refractivity contribution >= 4 is 17.5 Å². The number of aliphatic hydroxyl groups is 1. The Labute approximate surface area is 147 Å². The van der Waals surface area contributed by atoms with Crippen LogP contribution in [0, 0.1) is 0 Å². The molecule has 7 nitrogen and oxygen atoms in total. The molecule has 1 aliphatic rings. The predicted octanol–water partition coefficient (Wildman–Crippen LogP) is 1.41. The Balaban J connectivity index is 1.68. The number of nitrogens with one attached hydrogen (secondary N) is 2. The molecule has 1 atom stereocenters. The maximum Gasteiger partial charge on any atom is 0.251 e. The molecule has 0 unspecified atom stereocenters. The molecule has 1 aliphatic heterocycles. The molecule has 1 aromatic carbocycles. The molecule has 132 valence electrons. The summed E-state index contributed by atoms with van der Waals surface area (Å²) in [7, 11) is 1.62. The molecule has 0 bridgehead atoms. The number of rotatable bonds is 6. The summed E-state index contributed by atoms with van der Waals surface area (Å²) in [6.45, 7) is 1.60. The van der Waals surface area contributed by atoms with Gasteiger partial charge in [-0.05, 0) is 30.5 Å². The number of aromatic nitrogens is 2. The van der Waals surface area contributed by atoms with E-state index in [1.807, 2.05) is 24.3 Å². The van der Waals surface area contributed by atoms with Crippen molar-refractivity contribution in [2.75, 3.05) is 30.4 Å². The second-order valence-electron chi connectivity index (χ2n) is 6.07. The minimum Gasteiger partial charge on any atom is -0.394 e. The van der Waals surface area contributed by atoms with E-state index in [-0.39, 0.29) is 18.6 Å². The molecule has 1 saturated heterocycles. The van der Waals surface area contributed by atoms with Crippen LogP contribution in [0.15, 0.2) is 36.7 Å². The third-order valence-corrected chi connectivity index (χ3v) is 4.42. The molecule has 3 rings (SSSR count). The van der Waals surface area contributed by atoms with Crippen LogP contribution in [-0.4, -0.2) is 47.2 Å². The minimum absolute atomic E-state index is 0.102. The first-order valence-corrected chi connectivity index (χ1v) is 8.45. The van der Waals surface area contributed by atoms with Gasteiger partial charge in [-0.15, -0.1) is 0 Å². The van der Waals surface area contributed by atoms with E-state index in [9.17, 15) is 9.90 Å². The summed E-state index contributed by atoms with van der Waals surface area (Å²) >= 11 is 0. The minimum atomic E-state index is -0.102. The van der Waals surface area contributed by atoms with Crippen molar-refractivity contribution in [1.29, 1.82) is 0 Å². The van der Waals surface area contributed by atoms with Crippen LogP contribution in [0.1, 0.15) is 28.8 Å².